The van der Waals surface area contributed by atoms with Crippen molar-refractivity contribution in [1.29, 1.82) is 0 Å². The molecule has 1 aromatic carbocycles. The van der Waals surface area contributed by atoms with Gasteiger partial charge in [0.2, 0.25) is 5.89 Å². The molecule has 0 fully saturated rings. The van der Waals surface area contributed by atoms with E-state index in [1.54, 1.807) is 13.0 Å². The van der Waals surface area contributed by atoms with E-state index < -0.39 is 17.8 Å². The lowest BCUT2D eigenvalue weighted by atomic mass is 10.1. The lowest BCUT2D eigenvalue weighted by Crippen LogP contribution is -2.14. The van der Waals surface area contributed by atoms with Crippen LogP contribution >= 0.6 is 11.8 Å². The van der Waals surface area contributed by atoms with Gasteiger partial charge in [-0.3, -0.25) is 0 Å². The molecule has 0 radical (unpaired) electrons. The Hall–Kier alpha value is -1.54. The first-order chi connectivity index (χ1) is 9.36. The predicted molar refractivity (Wildman–Crippen MR) is 68.1 cm³/mol. The van der Waals surface area contributed by atoms with E-state index >= 15 is 0 Å². The van der Waals surface area contributed by atoms with Crippen molar-refractivity contribution >= 4 is 11.8 Å². The fourth-order valence-electron chi connectivity index (χ4n) is 1.54. The maximum atomic E-state index is 12.6. The van der Waals surface area contributed by atoms with Crippen LogP contribution in [0.1, 0.15) is 23.1 Å². The highest BCUT2D eigenvalue weighted by molar-refractivity contribution is 7.99. The maximum Gasteiger partial charge on any atom is 0.416 e. The summed E-state index contributed by atoms with van der Waals surface area (Å²) in [6, 6.07) is 4.45. The first kappa shape index (κ1) is 14.9. The molecule has 0 saturated heterocycles. The van der Waals surface area contributed by atoms with Crippen molar-refractivity contribution in [3.63, 3.8) is 0 Å². The van der Waals surface area contributed by atoms with Crippen molar-refractivity contribution in [2.45, 2.75) is 24.4 Å². The fraction of sp³-hybridized carbons (Fsp3) is 0.333. The largest absolute Gasteiger partial charge is 0.416 e. The fourth-order valence-corrected chi connectivity index (χ4v) is 2.33. The number of thioether (sulfide) groups is 1. The van der Waals surface area contributed by atoms with Gasteiger partial charge in [-0.15, -0.1) is 10.2 Å². The molecule has 4 nitrogen and oxygen atoms in total. The summed E-state index contributed by atoms with van der Waals surface area (Å²) in [7, 11) is 0. The maximum absolute atomic E-state index is 12.6. The Kier molecular flexibility index (Phi) is 4.34. The molecule has 0 aliphatic carbocycles. The van der Waals surface area contributed by atoms with E-state index in [1.165, 1.54) is 17.8 Å². The molecule has 0 spiro atoms. The number of aromatic nitrogens is 2. The third kappa shape index (κ3) is 3.73. The second-order valence-electron chi connectivity index (χ2n) is 4.13. The molecule has 2 aromatic rings. The SMILES string of the molecule is Cc1nnc(SCC(N)c2cccc(C(F)(F)F)c2)o1. The summed E-state index contributed by atoms with van der Waals surface area (Å²) in [6.45, 7) is 1.66. The number of nitrogens with two attached hydrogens (primary N) is 1. The number of rotatable bonds is 4. The summed E-state index contributed by atoms with van der Waals surface area (Å²) in [5.74, 6) is 0.781. The zero-order valence-electron chi connectivity index (χ0n) is 10.5. The van der Waals surface area contributed by atoms with E-state index in [1.807, 2.05) is 0 Å². The third-order valence-corrected chi connectivity index (χ3v) is 3.47. The van der Waals surface area contributed by atoms with Gasteiger partial charge in [0.1, 0.15) is 0 Å². The number of nitrogens with zero attached hydrogens (tertiary/aromatic N) is 2. The number of halogens is 3. The Morgan fingerprint density at radius 1 is 1.35 bits per heavy atom. The van der Waals surface area contributed by atoms with Crippen LogP contribution in [0.5, 0.6) is 0 Å². The summed E-state index contributed by atoms with van der Waals surface area (Å²) < 4.78 is 43.0. The molecule has 1 unspecified atom stereocenters. The van der Waals surface area contributed by atoms with Gasteiger partial charge in [0.05, 0.1) is 5.56 Å². The summed E-state index contributed by atoms with van der Waals surface area (Å²) >= 11 is 1.21. The highest BCUT2D eigenvalue weighted by Crippen LogP contribution is 2.31. The van der Waals surface area contributed by atoms with Crippen molar-refractivity contribution in [1.82, 2.24) is 10.2 Å². The van der Waals surface area contributed by atoms with Gasteiger partial charge in [0.15, 0.2) is 0 Å². The molecule has 2 rings (SSSR count). The molecule has 1 atom stereocenters. The van der Waals surface area contributed by atoms with Gasteiger partial charge in [0.25, 0.3) is 5.22 Å². The smallest absolute Gasteiger partial charge is 0.416 e. The quantitative estimate of drug-likeness (QED) is 0.879. The van der Waals surface area contributed by atoms with Gasteiger partial charge in [-0.25, -0.2) is 0 Å². The molecule has 0 saturated carbocycles. The highest BCUT2D eigenvalue weighted by atomic mass is 32.2. The molecular formula is C12H12F3N3OS. The van der Waals surface area contributed by atoms with Crippen molar-refractivity contribution < 1.29 is 17.6 Å². The molecule has 1 heterocycles. The van der Waals surface area contributed by atoms with Gasteiger partial charge in [0, 0.05) is 18.7 Å². The average molecular weight is 303 g/mol. The Bertz CT molecular complexity index is 585. The van der Waals surface area contributed by atoms with Gasteiger partial charge in [-0.1, -0.05) is 23.9 Å². The Morgan fingerprint density at radius 2 is 2.10 bits per heavy atom. The minimum absolute atomic E-state index is 0.350. The molecule has 0 bridgehead atoms. The minimum atomic E-state index is -4.37. The van der Waals surface area contributed by atoms with Crippen LogP contribution in [0, 0.1) is 6.92 Å². The van der Waals surface area contributed by atoms with E-state index in [2.05, 4.69) is 10.2 Å². The zero-order chi connectivity index (χ0) is 14.8. The lowest BCUT2D eigenvalue weighted by molar-refractivity contribution is -0.137. The van der Waals surface area contributed by atoms with Crippen LogP contribution in [0.4, 0.5) is 13.2 Å². The standard InChI is InChI=1S/C12H12F3N3OS/c1-7-17-18-11(19-7)20-6-10(16)8-3-2-4-9(5-8)12(13,14)15/h2-5,10H,6,16H2,1H3. The summed E-state index contributed by atoms with van der Waals surface area (Å²) in [5, 5.41) is 7.79. The molecule has 0 aliphatic rings. The van der Waals surface area contributed by atoms with Crippen molar-refractivity contribution in [3.05, 3.63) is 41.3 Å². The number of benzene rings is 1. The summed E-state index contributed by atoms with van der Waals surface area (Å²) in [5.41, 5.74) is 5.60. The lowest BCUT2D eigenvalue weighted by Gasteiger charge is -2.13. The second-order valence-corrected chi connectivity index (χ2v) is 5.10. The van der Waals surface area contributed by atoms with Crippen LogP contribution < -0.4 is 5.73 Å². The molecule has 20 heavy (non-hydrogen) atoms. The Morgan fingerprint density at radius 3 is 2.70 bits per heavy atom. The summed E-state index contributed by atoms with van der Waals surface area (Å²) in [6.07, 6.45) is -4.37. The van der Waals surface area contributed by atoms with Gasteiger partial charge < -0.3 is 10.2 Å². The van der Waals surface area contributed by atoms with E-state index in [9.17, 15) is 13.2 Å². The molecule has 0 amide bonds. The van der Waals surface area contributed by atoms with Gasteiger partial charge in [-0.2, -0.15) is 13.2 Å². The third-order valence-electron chi connectivity index (χ3n) is 2.54. The predicted octanol–water partition coefficient (Wildman–Crippen LogP) is 3.19. The molecule has 1 aromatic heterocycles. The van der Waals surface area contributed by atoms with Crippen LogP contribution in [-0.2, 0) is 6.18 Å². The molecule has 108 valence electrons. The van der Waals surface area contributed by atoms with Crippen molar-refractivity contribution in [2.24, 2.45) is 5.73 Å². The number of hydrogen-bond acceptors (Lipinski definition) is 5. The number of aryl methyl sites for hydroxylation is 1. The molecule has 8 heteroatoms. The first-order valence-corrected chi connectivity index (χ1v) is 6.70. The van der Waals surface area contributed by atoms with Crippen LogP contribution in [0.2, 0.25) is 0 Å². The van der Waals surface area contributed by atoms with Crippen LogP contribution in [0.3, 0.4) is 0 Å². The molecule has 0 aliphatic heterocycles. The normalized spacial score (nSPS) is 13.4. The first-order valence-electron chi connectivity index (χ1n) is 5.72. The Balaban J connectivity index is 2.03. The minimum Gasteiger partial charge on any atom is -0.416 e. The molecule has 2 N–H and O–H groups in total. The molecular weight excluding hydrogens is 291 g/mol. The highest BCUT2D eigenvalue weighted by Gasteiger charge is 2.30. The van der Waals surface area contributed by atoms with Crippen molar-refractivity contribution in [3.8, 4) is 0 Å². The zero-order valence-corrected chi connectivity index (χ0v) is 11.3. The Labute approximate surface area is 117 Å². The number of hydrogen-bond donors (Lipinski definition) is 1. The van der Waals surface area contributed by atoms with E-state index in [0.29, 0.717) is 22.4 Å². The average Bonchev–Trinajstić information content (AvgIpc) is 2.81. The second kappa shape index (κ2) is 5.84. The van der Waals surface area contributed by atoms with E-state index in [4.69, 9.17) is 10.2 Å². The van der Waals surface area contributed by atoms with Gasteiger partial charge in [-0.05, 0) is 17.7 Å². The van der Waals surface area contributed by atoms with Gasteiger partial charge >= 0.3 is 6.18 Å². The van der Waals surface area contributed by atoms with Crippen LogP contribution in [0.25, 0.3) is 0 Å². The monoisotopic (exact) mass is 303 g/mol. The van der Waals surface area contributed by atoms with E-state index in [0.717, 1.165) is 12.1 Å². The van der Waals surface area contributed by atoms with E-state index in [-0.39, 0.29) is 0 Å². The van der Waals surface area contributed by atoms with Crippen LogP contribution in [0.15, 0.2) is 33.9 Å². The topological polar surface area (TPSA) is 64.9 Å². The summed E-state index contributed by atoms with van der Waals surface area (Å²) in [4.78, 5) is 0. The van der Waals surface area contributed by atoms with Crippen LogP contribution in [-0.4, -0.2) is 16.0 Å². The number of alkyl halides is 3. The van der Waals surface area contributed by atoms with Crippen molar-refractivity contribution in [2.75, 3.05) is 5.75 Å².